The van der Waals surface area contributed by atoms with Crippen LogP contribution in [0.3, 0.4) is 0 Å². The second-order valence-electron chi connectivity index (χ2n) is 38.4. The first-order chi connectivity index (χ1) is 65.8. The van der Waals surface area contributed by atoms with Gasteiger partial charge in [0.1, 0.15) is 28.5 Å². The fourth-order valence-electron chi connectivity index (χ4n) is 17.1. The topological polar surface area (TPSA) is 345 Å². The number of pyridine rings is 2. The molecule has 0 atom stereocenters. The Morgan fingerprint density at radius 2 is 0.645 bits per heavy atom. The number of rotatable bonds is 16. The van der Waals surface area contributed by atoms with Gasteiger partial charge < -0.3 is 48.3 Å². The quantitative estimate of drug-likeness (QED) is 0.0915. The molecule has 16 heterocycles. The summed E-state index contributed by atoms with van der Waals surface area (Å²) in [6, 6.07) is 15.2. The van der Waals surface area contributed by atoms with E-state index in [0.29, 0.717) is 93.7 Å². The number of aromatic nitrogens is 13. The minimum absolute atomic E-state index is 0.00842. The van der Waals surface area contributed by atoms with Crippen LogP contribution < -0.4 is 0 Å². The number of aryl methyl sites for hydroxylation is 6. The lowest BCUT2D eigenvalue weighted by Gasteiger charge is -2.36. The number of carbonyl (C=O) groups is 8. The molecule has 8 saturated heterocycles. The summed E-state index contributed by atoms with van der Waals surface area (Å²) in [7, 11) is 5.55. The summed E-state index contributed by atoms with van der Waals surface area (Å²) in [5, 5.41) is 12.0. The Balaban J connectivity index is 0.000000177. The fraction of sp³-hybridized carbons (Fsp3) is 0.620. The molecule has 38 nitrogen and oxygen atoms in total. The molecule has 16 rings (SSSR count). The lowest BCUT2D eigenvalue weighted by molar-refractivity contribution is 0.0581. The van der Waals surface area contributed by atoms with Gasteiger partial charge in [-0.1, -0.05) is 11.2 Å². The predicted octanol–water partition coefficient (Wildman–Crippen LogP) is 7.31. The zero-order valence-electron chi connectivity index (χ0n) is 86.4. The summed E-state index contributed by atoms with van der Waals surface area (Å²) >= 11 is 0. The van der Waals surface area contributed by atoms with E-state index in [-0.39, 0.29) is 47.3 Å². The van der Waals surface area contributed by atoms with Gasteiger partial charge >= 0.3 is 0 Å². The first-order valence-electron chi connectivity index (χ1n) is 49.4. The highest BCUT2D eigenvalue weighted by Crippen LogP contribution is 2.20. The molecule has 0 bridgehead atoms. The maximum Gasteiger partial charge on any atom is 0.276 e. The third-order valence-electron chi connectivity index (χ3n) is 26.2. The number of nitrogens with zero attached hydrogens (tertiary/aromatic N) is 29. The largest absolute Gasteiger partial charge is 0.361 e. The van der Waals surface area contributed by atoms with Gasteiger partial charge in [0, 0.05) is 341 Å². The van der Waals surface area contributed by atoms with Crippen LogP contribution in [0.2, 0.25) is 0 Å². The van der Waals surface area contributed by atoms with Crippen LogP contribution in [-0.2, 0) is 21.1 Å². The number of hydrogen-bond donors (Lipinski definition) is 0. The molecule has 756 valence electrons. The number of amides is 8. The summed E-state index contributed by atoms with van der Waals surface area (Å²) in [5.74, 6) is 1.04. The highest BCUT2D eigenvalue weighted by atomic mass is 16.5. The van der Waals surface area contributed by atoms with Crippen LogP contribution in [0.4, 0.5) is 0 Å². The third-order valence-corrected chi connectivity index (χ3v) is 26.2. The summed E-state index contributed by atoms with van der Waals surface area (Å²) in [4.78, 5) is 160. The molecule has 8 fully saturated rings. The van der Waals surface area contributed by atoms with Crippen LogP contribution in [0.15, 0.2) is 122 Å². The Hall–Kier alpha value is -11.3. The molecule has 138 heavy (non-hydrogen) atoms. The fourth-order valence-corrected chi connectivity index (χ4v) is 17.1. The molecular formula is C100H157N29O9. The van der Waals surface area contributed by atoms with Crippen LogP contribution in [0, 0.1) is 20.8 Å². The Bertz CT molecular complexity index is 4620. The van der Waals surface area contributed by atoms with E-state index in [4.69, 9.17) is 4.52 Å². The van der Waals surface area contributed by atoms with Gasteiger partial charge in [-0.25, -0.2) is 15.0 Å². The zero-order chi connectivity index (χ0) is 100. The van der Waals surface area contributed by atoms with Crippen molar-refractivity contribution in [3.63, 3.8) is 0 Å². The van der Waals surface area contributed by atoms with E-state index in [1.165, 1.54) is 6.20 Å². The van der Waals surface area contributed by atoms with Crippen molar-refractivity contribution in [2.24, 2.45) is 21.1 Å². The first kappa shape index (κ1) is 110. The van der Waals surface area contributed by atoms with Gasteiger partial charge in [0.2, 0.25) is 0 Å². The standard InChI is InChI=1S/C13H22N4O.C13H20N4O.2C13H19N3O.2C12H20N4O.C12H18N4O.C12H19N3O2/c1-10(2)16-5-7-17(8-6-16)13(18)12-9-15(4)14-11(12)3;1-10(2)16-4-6-17(7-5-16)13(18)12-9-14-11(3)8-15-12;1-11(2)15-6-8-16(9-7-15)13(17)12-4-3-5-14-10-12;1-11(2)15-7-9-16(10-8-15)13(17)12-5-3-4-6-14-12;1-10(2)15-4-6-16(7-5-15)12(17)11-8-14(3)9-13-11;1-10(2)15-4-6-16(7-5-15)12(17)11-8-13-14(3)9-11;1-10(2)15-5-7-16(8-6-15)12(17)11-9-13-3-4-14-11;1-9(2)14-4-6-15(7-5-14)12(16)11-8-10(3)17-13-11/h9-10H,5-8H2,1-4H3;8-10H,4-7H2,1-3H3;3-5,10-11H,6-9H2,1-2H3;3-6,11H,7-10H2,1-2H3;2*8-10H,4-7H2,1-3H3;3-4,9-10H,5-8H2,1-2H3;8-9H,4-7H2,1-3H3. The molecule has 0 unspecified atom stereocenters. The van der Waals surface area contributed by atoms with Gasteiger partial charge in [-0.15, -0.1) is 0 Å². The third kappa shape index (κ3) is 33.8. The molecule has 0 aliphatic carbocycles. The van der Waals surface area contributed by atoms with Crippen molar-refractivity contribution in [3.05, 3.63) is 179 Å². The number of hydrogen-bond acceptors (Lipinski definition) is 27. The predicted molar refractivity (Wildman–Crippen MR) is 534 cm³/mol. The highest BCUT2D eigenvalue weighted by Gasteiger charge is 2.33. The molecule has 0 radical (unpaired) electrons. The van der Waals surface area contributed by atoms with Crippen molar-refractivity contribution in [1.29, 1.82) is 0 Å². The van der Waals surface area contributed by atoms with Gasteiger partial charge in [-0.2, -0.15) is 10.2 Å². The molecule has 0 N–H and O–H groups in total. The normalized spacial score (nSPS) is 17.6. The monoisotopic (exact) mass is 1910 g/mol. The van der Waals surface area contributed by atoms with E-state index in [2.05, 4.69) is 200 Å². The maximum atomic E-state index is 12.4. The minimum atomic E-state index is -0.0229. The van der Waals surface area contributed by atoms with Gasteiger partial charge in [0.25, 0.3) is 47.3 Å². The van der Waals surface area contributed by atoms with E-state index < -0.39 is 0 Å². The van der Waals surface area contributed by atoms with Gasteiger partial charge in [-0.05, 0) is 156 Å². The van der Waals surface area contributed by atoms with Crippen LogP contribution in [0.25, 0.3) is 0 Å². The highest BCUT2D eigenvalue weighted by molar-refractivity contribution is 5.97. The average Bonchev–Trinajstić information content (AvgIpc) is 1.64. The van der Waals surface area contributed by atoms with Gasteiger partial charge in [0.05, 0.1) is 53.0 Å². The van der Waals surface area contributed by atoms with Crippen molar-refractivity contribution in [1.82, 2.24) is 143 Å². The number of piperazine rings is 8. The molecule has 8 amide bonds. The summed E-state index contributed by atoms with van der Waals surface area (Å²) in [5.41, 5.74) is 6.14. The zero-order valence-corrected chi connectivity index (χ0v) is 86.4. The van der Waals surface area contributed by atoms with Crippen LogP contribution in [0.1, 0.15) is 211 Å². The van der Waals surface area contributed by atoms with E-state index in [9.17, 15) is 38.4 Å². The van der Waals surface area contributed by atoms with Crippen LogP contribution in [-0.4, -0.2) is 448 Å². The Labute approximate surface area is 818 Å². The van der Waals surface area contributed by atoms with Crippen molar-refractivity contribution in [3.8, 4) is 0 Å². The molecule has 0 saturated carbocycles. The van der Waals surface area contributed by atoms with E-state index in [0.717, 1.165) is 226 Å². The molecule has 8 aliphatic heterocycles. The molecular weight excluding hydrogens is 1750 g/mol. The molecule has 8 aliphatic rings. The van der Waals surface area contributed by atoms with Crippen LogP contribution in [0.5, 0.6) is 0 Å². The Morgan fingerprint density at radius 3 is 0.942 bits per heavy atom. The van der Waals surface area contributed by atoms with E-state index >= 15 is 0 Å². The maximum absolute atomic E-state index is 12.4. The summed E-state index contributed by atoms with van der Waals surface area (Å²) in [6.07, 6.45) is 21.5. The summed E-state index contributed by atoms with van der Waals surface area (Å²) in [6.45, 7) is 68.4. The van der Waals surface area contributed by atoms with E-state index in [1.54, 1.807) is 107 Å². The molecule has 8 aromatic rings. The smallest absolute Gasteiger partial charge is 0.276 e. The van der Waals surface area contributed by atoms with Crippen molar-refractivity contribution >= 4 is 47.3 Å². The van der Waals surface area contributed by atoms with Crippen molar-refractivity contribution in [2.75, 3.05) is 209 Å². The second kappa shape index (κ2) is 54.9. The molecule has 38 heteroatoms. The molecule has 0 aromatic carbocycles. The molecule has 0 spiro atoms. The van der Waals surface area contributed by atoms with E-state index in [1.807, 2.05) is 98.6 Å². The lowest BCUT2D eigenvalue weighted by atomic mass is 10.2. The second-order valence-corrected chi connectivity index (χ2v) is 38.4. The number of imidazole rings is 1. The summed E-state index contributed by atoms with van der Waals surface area (Å²) < 4.78 is 10.1. The van der Waals surface area contributed by atoms with Gasteiger partial charge in [0.15, 0.2) is 5.69 Å². The SMILES string of the molecule is CC(C)N1CCN(C(=O)c2ccccn2)CC1.CC(C)N1CCN(C(=O)c2cccnc2)CC1.CC(C)N1CCN(C(=O)c2cn(C)cn2)CC1.CC(C)N1CCN(C(=O)c2cnccn2)CC1.CC(C)N1CCN(C(=O)c2cnn(C)c2)CC1.Cc1cc(C(=O)N2CCN(C(C)C)CC2)no1.Cc1cnc(C(=O)N2CCN(C(C)C)CC2)cn1.Cc1nn(C)cc1C(=O)N1CCN(C(C)C)CC1. The first-order valence-corrected chi connectivity index (χ1v) is 49.4. The lowest BCUT2D eigenvalue weighted by Crippen LogP contribution is -2.50. The number of carbonyl (C=O) groups excluding carboxylic acids is 8. The minimum Gasteiger partial charge on any atom is -0.361 e. The average molecular weight is 1910 g/mol. The Kier molecular flexibility index (Phi) is 43.9. The van der Waals surface area contributed by atoms with Crippen molar-refractivity contribution < 1.29 is 42.9 Å². The van der Waals surface area contributed by atoms with Gasteiger partial charge in [-0.3, -0.25) is 107 Å². The Morgan fingerprint density at radius 1 is 0.290 bits per heavy atom. The van der Waals surface area contributed by atoms with Crippen LogP contribution >= 0.6 is 0 Å². The molecule has 8 aromatic heterocycles. The van der Waals surface area contributed by atoms with Crippen molar-refractivity contribution in [2.45, 2.75) is 180 Å².